The van der Waals surface area contributed by atoms with Crippen molar-refractivity contribution in [2.45, 2.75) is 149 Å². The van der Waals surface area contributed by atoms with Gasteiger partial charge in [-0.25, -0.2) is 0 Å². The van der Waals surface area contributed by atoms with Gasteiger partial charge in [0.2, 0.25) is 0 Å². The molecule has 0 aliphatic carbocycles. The van der Waals surface area contributed by atoms with E-state index in [0.717, 1.165) is 29.9 Å². The molecule has 0 spiro atoms. The maximum absolute atomic E-state index is 6.72. The highest BCUT2D eigenvalue weighted by molar-refractivity contribution is 5.88. The summed E-state index contributed by atoms with van der Waals surface area (Å²) < 4.78 is 12.7. The zero-order valence-electron chi connectivity index (χ0n) is 22.4. The zero-order chi connectivity index (χ0) is 23.7. The van der Waals surface area contributed by atoms with Crippen LogP contribution in [-0.2, 0) is 6.42 Å². The molecule has 2 aromatic rings. The Hall–Kier alpha value is -1.44. The van der Waals surface area contributed by atoms with E-state index in [2.05, 4.69) is 33.8 Å². The lowest BCUT2D eigenvalue weighted by Gasteiger charge is -2.37. The van der Waals surface area contributed by atoms with E-state index in [1.165, 1.54) is 118 Å². The van der Waals surface area contributed by atoms with Crippen LogP contribution in [0.2, 0.25) is 0 Å². The van der Waals surface area contributed by atoms with Gasteiger partial charge in [-0.2, -0.15) is 0 Å². The summed E-state index contributed by atoms with van der Waals surface area (Å²) in [6, 6.07) is 2.19. The molecule has 1 aliphatic rings. The quantitative estimate of drug-likeness (QED) is 0.250. The molecule has 0 bridgehead atoms. The Morgan fingerprint density at radius 1 is 0.758 bits per heavy atom. The fraction of sp³-hybridized carbons (Fsp3) is 0.742. The van der Waals surface area contributed by atoms with Crippen molar-refractivity contribution in [3.63, 3.8) is 0 Å². The van der Waals surface area contributed by atoms with Gasteiger partial charge < -0.3 is 9.15 Å². The van der Waals surface area contributed by atoms with Gasteiger partial charge >= 0.3 is 0 Å². The van der Waals surface area contributed by atoms with E-state index >= 15 is 0 Å². The predicted molar refractivity (Wildman–Crippen MR) is 143 cm³/mol. The van der Waals surface area contributed by atoms with Crippen molar-refractivity contribution in [2.75, 3.05) is 0 Å². The summed E-state index contributed by atoms with van der Waals surface area (Å²) in [6.07, 6.45) is 23.2. The van der Waals surface area contributed by atoms with Crippen molar-refractivity contribution in [3.8, 4) is 5.75 Å². The highest BCUT2D eigenvalue weighted by atomic mass is 16.5. The van der Waals surface area contributed by atoms with Crippen LogP contribution >= 0.6 is 0 Å². The molecule has 0 saturated heterocycles. The molecule has 2 heterocycles. The maximum Gasteiger partial charge on any atom is 0.137 e. The average Bonchev–Trinajstić information content (AvgIpc) is 3.19. The van der Waals surface area contributed by atoms with Crippen molar-refractivity contribution >= 4 is 11.0 Å². The predicted octanol–water partition coefficient (Wildman–Crippen LogP) is 10.3. The Labute approximate surface area is 203 Å². The number of aryl methyl sites for hydroxylation is 3. The van der Waals surface area contributed by atoms with Crippen LogP contribution in [0.25, 0.3) is 11.0 Å². The van der Waals surface area contributed by atoms with Crippen molar-refractivity contribution < 1.29 is 9.15 Å². The third-order valence-electron chi connectivity index (χ3n) is 8.01. The number of hydrogen-bond donors (Lipinski definition) is 0. The third-order valence-corrected chi connectivity index (χ3v) is 8.01. The summed E-state index contributed by atoms with van der Waals surface area (Å²) in [4.78, 5) is 0. The van der Waals surface area contributed by atoms with Crippen LogP contribution in [0.1, 0.15) is 139 Å². The molecule has 0 radical (unpaired) electrons. The van der Waals surface area contributed by atoms with E-state index in [0.29, 0.717) is 0 Å². The Balaban J connectivity index is 1.31. The summed E-state index contributed by atoms with van der Waals surface area (Å²) >= 11 is 0. The molecule has 2 nitrogen and oxygen atoms in total. The summed E-state index contributed by atoms with van der Waals surface area (Å²) in [5.41, 5.74) is 4.90. The fourth-order valence-electron chi connectivity index (χ4n) is 5.65. The highest BCUT2D eigenvalue weighted by Crippen LogP contribution is 2.44. The largest absolute Gasteiger partial charge is 0.487 e. The smallest absolute Gasteiger partial charge is 0.137 e. The van der Waals surface area contributed by atoms with Gasteiger partial charge in [-0.15, -0.1) is 0 Å². The number of fused-ring (bicyclic) bond motifs is 3. The molecule has 1 unspecified atom stereocenters. The van der Waals surface area contributed by atoms with Gasteiger partial charge in [-0.1, -0.05) is 90.4 Å². The molecule has 2 heteroatoms. The summed E-state index contributed by atoms with van der Waals surface area (Å²) in [7, 11) is 0. The lowest BCUT2D eigenvalue weighted by atomic mass is 9.85. The molecular formula is C31H50O2. The minimum Gasteiger partial charge on any atom is -0.487 e. The molecule has 0 saturated carbocycles. The van der Waals surface area contributed by atoms with Crippen molar-refractivity contribution in [1.29, 1.82) is 0 Å². The Morgan fingerprint density at radius 2 is 1.30 bits per heavy atom. The zero-order valence-corrected chi connectivity index (χ0v) is 22.4. The van der Waals surface area contributed by atoms with Crippen molar-refractivity contribution in [1.82, 2.24) is 0 Å². The second kappa shape index (κ2) is 12.9. The minimum absolute atomic E-state index is 0.0201. The van der Waals surface area contributed by atoms with Crippen LogP contribution in [0.15, 0.2) is 10.5 Å². The second-order valence-corrected chi connectivity index (χ2v) is 11.1. The molecule has 33 heavy (non-hydrogen) atoms. The molecule has 1 aliphatic heterocycles. The molecule has 0 amide bonds. The summed E-state index contributed by atoms with van der Waals surface area (Å²) in [5.74, 6) is 2.14. The molecule has 186 valence electrons. The van der Waals surface area contributed by atoms with Gasteiger partial charge in [-0.3, -0.25) is 0 Å². The maximum atomic E-state index is 6.72. The molecule has 3 rings (SSSR count). The lowest BCUT2D eigenvalue weighted by Crippen LogP contribution is -2.36. The molecule has 1 aromatic heterocycles. The summed E-state index contributed by atoms with van der Waals surface area (Å²) in [5, 5.41) is 1.27. The number of ether oxygens (including phenoxy) is 1. The van der Waals surface area contributed by atoms with Gasteiger partial charge in [0.05, 0.1) is 0 Å². The van der Waals surface area contributed by atoms with Crippen LogP contribution in [0.3, 0.4) is 0 Å². The lowest BCUT2D eigenvalue weighted by molar-refractivity contribution is 0.0530. The van der Waals surface area contributed by atoms with E-state index in [-0.39, 0.29) is 5.60 Å². The van der Waals surface area contributed by atoms with E-state index in [4.69, 9.17) is 9.15 Å². The van der Waals surface area contributed by atoms with Crippen LogP contribution in [0.4, 0.5) is 0 Å². The van der Waals surface area contributed by atoms with Gasteiger partial charge in [-0.05, 0) is 70.6 Å². The van der Waals surface area contributed by atoms with Crippen LogP contribution < -0.4 is 4.74 Å². The molecule has 0 fully saturated rings. The van der Waals surface area contributed by atoms with Crippen LogP contribution in [0.5, 0.6) is 5.75 Å². The second-order valence-electron chi connectivity index (χ2n) is 11.1. The minimum atomic E-state index is -0.0201. The van der Waals surface area contributed by atoms with Gasteiger partial charge in [0.15, 0.2) is 0 Å². The first-order chi connectivity index (χ1) is 15.9. The van der Waals surface area contributed by atoms with Crippen LogP contribution in [0, 0.1) is 20.8 Å². The Kier molecular flexibility index (Phi) is 10.2. The van der Waals surface area contributed by atoms with Crippen LogP contribution in [-0.4, -0.2) is 5.60 Å². The standard InChI is InChI=1S/C31H50O2/c1-6-7-8-9-10-11-12-13-14-15-16-17-18-19-21-31(5)22-20-27-28-23-24(2)32-29(28)25(3)26(4)30(27)33-31/h23H,6-22H2,1-5H3. The third kappa shape index (κ3) is 7.27. The monoisotopic (exact) mass is 454 g/mol. The molecule has 1 aromatic carbocycles. The number of unbranched alkanes of at least 4 members (excludes halogenated alkanes) is 13. The number of rotatable bonds is 15. The molecule has 0 N–H and O–H groups in total. The van der Waals surface area contributed by atoms with Crippen molar-refractivity contribution in [2.24, 2.45) is 0 Å². The fourth-order valence-corrected chi connectivity index (χ4v) is 5.65. The first-order valence-corrected chi connectivity index (χ1v) is 14.2. The van der Waals surface area contributed by atoms with E-state index in [1.54, 1.807) is 0 Å². The number of furan rings is 1. The SMILES string of the molecule is CCCCCCCCCCCCCCCCC1(C)CCc2c(c(C)c(C)c3oc(C)cc23)O1. The van der Waals surface area contributed by atoms with Gasteiger partial charge in [0, 0.05) is 10.9 Å². The highest BCUT2D eigenvalue weighted by Gasteiger charge is 2.34. The normalized spacial score (nSPS) is 18.0. The van der Waals surface area contributed by atoms with Gasteiger partial charge in [0.25, 0.3) is 0 Å². The first kappa shape index (κ1) is 26.2. The topological polar surface area (TPSA) is 22.4 Å². The van der Waals surface area contributed by atoms with E-state index < -0.39 is 0 Å². The summed E-state index contributed by atoms with van der Waals surface area (Å²) in [6.45, 7) is 11.0. The first-order valence-electron chi connectivity index (χ1n) is 14.2. The Morgan fingerprint density at radius 3 is 1.88 bits per heavy atom. The molecular weight excluding hydrogens is 404 g/mol. The number of hydrogen-bond acceptors (Lipinski definition) is 2. The Bertz CT molecular complexity index is 862. The average molecular weight is 455 g/mol. The van der Waals surface area contributed by atoms with E-state index in [1.807, 2.05) is 6.92 Å². The molecule has 1 atom stereocenters. The number of benzene rings is 1. The van der Waals surface area contributed by atoms with E-state index in [9.17, 15) is 0 Å². The van der Waals surface area contributed by atoms with Crippen molar-refractivity contribution in [3.05, 3.63) is 28.5 Å². The van der Waals surface area contributed by atoms with Gasteiger partial charge in [0.1, 0.15) is 22.7 Å².